The van der Waals surface area contributed by atoms with Gasteiger partial charge in [-0.15, -0.1) is 0 Å². The molecule has 2 fully saturated rings. The zero-order valence-electron chi connectivity index (χ0n) is 14.5. The number of rotatable bonds is 5. The van der Waals surface area contributed by atoms with E-state index in [1.807, 2.05) is 18.2 Å². The van der Waals surface area contributed by atoms with Crippen LogP contribution in [0.15, 0.2) is 28.7 Å². The monoisotopic (exact) mass is 344 g/mol. The summed E-state index contributed by atoms with van der Waals surface area (Å²) >= 11 is 0. The molecule has 1 saturated carbocycles. The third-order valence-electron chi connectivity index (χ3n) is 5.50. The maximum Gasteiger partial charge on any atom is 0.287 e. The van der Waals surface area contributed by atoms with Crippen LogP contribution in [0.4, 0.5) is 0 Å². The molecule has 1 aromatic carbocycles. The molecule has 2 aromatic rings. The quantitative estimate of drug-likeness (QED) is 0.902. The van der Waals surface area contributed by atoms with Gasteiger partial charge in [-0.3, -0.25) is 9.69 Å². The van der Waals surface area contributed by atoms with E-state index in [0.717, 1.165) is 44.5 Å². The number of nitrogens with one attached hydrogen (secondary N) is 1. The Morgan fingerprint density at radius 1 is 1.32 bits per heavy atom. The highest BCUT2D eigenvalue weighted by atomic mass is 16.5. The minimum Gasteiger partial charge on any atom is -0.493 e. The summed E-state index contributed by atoms with van der Waals surface area (Å²) < 4.78 is 16.5. The second-order valence-electron chi connectivity index (χ2n) is 6.85. The Morgan fingerprint density at radius 3 is 2.80 bits per heavy atom. The fourth-order valence-corrected chi connectivity index (χ4v) is 3.87. The number of nitrogens with zero attached hydrogens (tertiary/aromatic N) is 1. The summed E-state index contributed by atoms with van der Waals surface area (Å²) in [5.74, 6) is 0.800. The fraction of sp³-hybridized carbons (Fsp3) is 0.526. The number of amides is 1. The molecule has 0 bridgehead atoms. The predicted molar refractivity (Wildman–Crippen MR) is 94.1 cm³/mol. The topological polar surface area (TPSA) is 63.9 Å². The Balaban J connectivity index is 1.46. The number of hydrogen-bond acceptors (Lipinski definition) is 5. The molecule has 0 radical (unpaired) electrons. The van der Waals surface area contributed by atoms with Gasteiger partial charge in [-0.1, -0.05) is 12.1 Å². The van der Waals surface area contributed by atoms with Gasteiger partial charge in [-0.2, -0.15) is 0 Å². The summed E-state index contributed by atoms with van der Waals surface area (Å²) in [6.45, 7) is 4.09. The molecule has 6 nitrogen and oxygen atoms in total. The highest BCUT2D eigenvalue weighted by Gasteiger charge is 2.43. The zero-order valence-corrected chi connectivity index (χ0v) is 14.5. The summed E-state index contributed by atoms with van der Waals surface area (Å²) in [7, 11) is 1.60. The van der Waals surface area contributed by atoms with Crippen LogP contribution in [0, 0.1) is 0 Å². The number of methoxy groups -OCH3 is 1. The van der Waals surface area contributed by atoms with Gasteiger partial charge >= 0.3 is 0 Å². The molecule has 25 heavy (non-hydrogen) atoms. The molecular weight excluding hydrogens is 320 g/mol. The van der Waals surface area contributed by atoms with Crippen molar-refractivity contribution in [2.24, 2.45) is 0 Å². The maximum absolute atomic E-state index is 12.6. The third kappa shape index (κ3) is 3.00. The van der Waals surface area contributed by atoms with E-state index in [1.165, 1.54) is 6.42 Å². The van der Waals surface area contributed by atoms with Crippen molar-refractivity contribution in [1.29, 1.82) is 0 Å². The first-order valence-electron chi connectivity index (χ1n) is 8.89. The van der Waals surface area contributed by atoms with Crippen molar-refractivity contribution in [3.05, 3.63) is 30.0 Å². The zero-order chi connectivity index (χ0) is 17.3. The smallest absolute Gasteiger partial charge is 0.287 e. The normalized spacial score (nSPS) is 20.2. The molecule has 1 aromatic heterocycles. The van der Waals surface area contributed by atoms with Crippen molar-refractivity contribution in [3.8, 4) is 5.75 Å². The van der Waals surface area contributed by atoms with E-state index in [1.54, 1.807) is 13.2 Å². The summed E-state index contributed by atoms with van der Waals surface area (Å²) in [4.78, 5) is 15.1. The average Bonchev–Trinajstić information content (AvgIpc) is 3.06. The summed E-state index contributed by atoms with van der Waals surface area (Å²) in [6, 6.07) is 7.41. The van der Waals surface area contributed by atoms with Gasteiger partial charge < -0.3 is 19.2 Å². The molecule has 2 aliphatic rings. The standard InChI is InChI=1S/C19H24N2O4/c1-23-15-5-2-4-14-12-16(25-17(14)15)18(22)20-13-19(6-3-7-19)21-8-10-24-11-9-21/h2,4-5,12H,3,6-11,13H2,1H3,(H,20,22). The van der Waals surface area contributed by atoms with Crippen LogP contribution in [0.25, 0.3) is 11.0 Å². The van der Waals surface area contributed by atoms with Crippen molar-refractivity contribution in [2.45, 2.75) is 24.8 Å². The largest absolute Gasteiger partial charge is 0.493 e. The lowest BCUT2D eigenvalue weighted by atomic mass is 9.75. The number of morpholine rings is 1. The van der Waals surface area contributed by atoms with E-state index in [2.05, 4.69) is 10.2 Å². The number of benzene rings is 1. The molecule has 1 saturated heterocycles. The van der Waals surface area contributed by atoms with Gasteiger partial charge in [0.15, 0.2) is 17.1 Å². The number of carbonyl (C=O) groups is 1. The highest BCUT2D eigenvalue weighted by Crippen LogP contribution is 2.37. The number of carbonyl (C=O) groups excluding carboxylic acids is 1. The van der Waals surface area contributed by atoms with Gasteiger partial charge in [0.2, 0.25) is 0 Å². The Labute approximate surface area is 147 Å². The molecular formula is C19H24N2O4. The van der Waals surface area contributed by atoms with Crippen LogP contribution in [0.2, 0.25) is 0 Å². The Hall–Kier alpha value is -2.05. The van der Waals surface area contributed by atoms with E-state index in [9.17, 15) is 4.79 Å². The number of fused-ring (bicyclic) bond motifs is 1. The molecule has 6 heteroatoms. The second kappa shape index (κ2) is 6.69. The van der Waals surface area contributed by atoms with Crippen molar-refractivity contribution >= 4 is 16.9 Å². The molecule has 2 heterocycles. The lowest BCUT2D eigenvalue weighted by molar-refractivity contribution is -0.0540. The first-order valence-corrected chi connectivity index (χ1v) is 8.89. The Morgan fingerprint density at radius 2 is 2.12 bits per heavy atom. The average molecular weight is 344 g/mol. The van der Waals surface area contributed by atoms with Crippen LogP contribution in [-0.4, -0.2) is 56.3 Å². The van der Waals surface area contributed by atoms with Crippen LogP contribution in [-0.2, 0) is 4.74 Å². The first-order chi connectivity index (χ1) is 12.2. The minimum atomic E-state index is -0.169. The van der Waals surface area contributed by atoms with Crippen molar-refractivity contribution in [1.82, 2.24) is 10.2 Å². The van der Waals surface area contributed by atoms with Crippen LogP contribution in [0.1, 0.15) is 29.8 Å². The minimum absolute atomic E-state index is 0.0865. The summed E-state index contributed by atoms with van der Waals surface area (Å²) in [5, 5.41) is 3.95. The third-order valence-corrected chi connectivity index (χ3v) is 5.50. The lowest BCUT2D eigenvalue weighted by Crippen LogP contribution is -2.62. The van der Waals surface area contributed by atoms with E-state index >= 15 is 0 Å². The number of hydrogen-bond donors (Lipinski definition) is 1. The fourth-order valence-electron chi connectivity index (χ4n) is 3.87. The van der Waals surface area contributed by atoms with Crippen molar-refractivity contribution in [3.63, 3.8) is 0 Å². The van der Waals surface area contributed by atoms with Crippen molar-refractivity contribution in [2.75, 3.05) is 40.0 Å². The molecule has 0 atom stereocenters. The molecule has 1 aliphatic carbocycles. The summed E-state index contributed by atoms with van der Waals surface area (Å²) in [6.07, 6.45) is 3.47. The Kier molecular flexibility index (Phi) is 4.39. The maximum atomic E-state index is 12.6. The van der Waals surface area contributed by atoms with Crippen LogP contribution in [0.3, 0.4) is 0 Å². The highest BCUT2D eigenvalue weighted by molar-refractivity contribution is 5.97. The number of furan rings is 1. The predicted octanol–water partition coefficient (Wildman–Crippen LogP) is 2.43. The van der Waals surface area contributed by atoms with Crippen LogP contribution >= 0.6 is 0 Å². The number of ether oxygens (including phenoxy) is 2. The van der Waals surface area contributed by atoms with E-state index in [4.69, 9.17) is 13.9 Å². The van der Waals surface area contributed by atoms with Gasteiger partial charge in [-0.05, 0) is 31.4 Å². The van der Waals surface area contributed by atoms with Crippen LogP contribution in [0.5, 0.6) is 5.75 Å². The van der Waals surface area contributed by atoms with Gasteiger partial charge in [0.1, 0.15) is 0 Å². The molecule has 134 valence electrons. The van der Waals surface area contributed by atoms with Gasteiger partial charge in [0, 0.05) is 30.6 Å². The van der Waals surface area contributed by atoms with E-state index < -0.39 is 0 Å². The SMILES string of the molecule is COc1cccc2cc(C(=O)NCC3(N4CCOCC4)CCC3)oc12. The lowest BCUT2D eigenvalue weighted by Gasteiger charge is -2.51. The number of para-hydroxylation sites is 1. The molecule has 0 spiro atoms. The second-order valence-corrected chi connectivity index (χ2v) is 6.85. The molecule has 1 amide bonds. The van der Waals surface area contributed by atoms with E-state index in [-0.39, 0.29) is 11.4 Å². The molecule has 4 rings (SSSR count). The van der Waals surface area contributed by atoms with E-state index in [0.29, 0.717) is 23.6 Å². The van der Waals surface area contributed by atoms with Gasteiger partial charge in [-0.25, -0.2) is 0 Å². The van der Waals surface area contributed by atoms with Crippen LogP contribution < -0.4 is 10.1 Å². The Bertz CT molecular complexity index is 760. The molecule has 1 N–H and O–H groups in total. The first kappa shape index (κ1) is 16.4. The molecule has 0 unspecified atom stereocenters. The van der Waals surface area contributed by atoms with Gasteiger partial charge in [0.25, 0.3) is 5.91 Å². The summed E-state index contributed by atoms with van der Waals surface area (Å²) in [5.41, 5.74) is 0.699. The molecule has 1 aliphatic heterocycles. The van der Waals surface area contributed by atoms with Crippen molar-refractivity contribution < 1.29 is 18.7 Å². The van der Waals surface area contributed by atoms with Gasteiger partial charge in [0.05, 0.1) is 20.3 Å².